The SMILES string of the molecule is O=C1NC(=O)C2(CCN3CCCC32)O1. The summed E-state index contributed by atoms with van der Waals surface area (Å²) < 4.78 is 5.19. The van der Waals surface area contributed by atoms with Crippen molar-refractivity contribution in [2.75, 3.05) is 13.1 Å². The van der Waals surface area contributed by atoms with Crippen LogP contribution in [0.3, 0.4) is 0 Å². The number of alkyl carbamates (subject to hydrolysis) is 1. The molecule has 0 aromatic rings. The monoisotopic (exact) mass is 196 g/mol. The summed E-state index contributed by atoms with van der Waals surface area (Å²) in [6.45, 7) is 1.89. The Labute approximate surface area is 81.4 Å². The van der Waals surface area contributed by atoms with E-state index in [2.05, 4.69) is 10.2 Å². The molecule has 2 atom stereocenters. The van der Waals surface area contributed by atoms with Crippen molar-refractivity contribution in [1.82, 2.24) is 10.2 Å². The average Bonchev–Trinajstić information content (AvgIpc) is 2.73. The van der Waals surface area contributed by atoms with Gasteiger partial charge in [0.15, 0.2) is 0 Å². The molecule has 2 amide bonds. The number of nitrogens with one attached hydrogen (secondary N) is 1. The molecule has 0 aromatic heterocycles. The number of imide groups is 1. The number of nitrogens with zero attached hydrogens (tertiary/aromatic N) is 1. The molecule has 0 radical (unpaired) electrons. The fourth-order valence-corrected chi connectivity index (χ4v) is 2.92. The second-order valence-electron chi connectivity index (χ2n) is 4.18. The van der Waals surface area contributed by atoms with Gasteiger partial charge in [-0.25, -0.2) is 4.79 Å². The first-order valence-electron chi connectivity index (χ1n) is 5.01. The number of hydrogen-bond donors (Lipinski definition) is 1. The van der Waals surface area contributed by atoms with Crippen molar-refractivity contribution in [2.24, 2.45) is 0 Å². The number of carbonyl (C=O) groups excluding carboxylic acids is 2. The molecule has 3 heterocycles. The third-order valence-electron chi connectivity index (χ3n) is 3.55. The molecular weight excluding hydrogens is 184 g/mol. The lowest BCUT2D eigenvalue weighted by atomic mass is 9.92. The minimum absolute atomic E-state index is 0.119. The highest BCUT2D eigenvalue weighted by Gasteiger charge is 2.60. The van der Waals surface area contributed by atoms with Crippen molar-refractivity contribution in [3.63, 3.8) is 0 Å². The molecule has 5 heteroatoms. The number of hydrogen-bond acceptors (Lipinski definition) is 4. The van der Waals surface area contributed by atoms with Gasteiger partial charge in [0.05, 0.1) is 6.04 Å². The van der Waals surface area contributed by atoms with E-state index in [1.54, 1.807) is 0 Å². The first-order chi connectivity index (χ1) is 6.72. The normalized spacial score (nSPS) is 41.6. The van der Waals surface area contributed by atoms with E-state index in [9.17, 15) is 9.59 Å². The Morgan fingerprint density at radius 2 is 2.29 bits per heavy atom. The van der Waals surface area contributed by atoms with Gasteiger partial charge in [-0.3, -0.25) is 15.0 Å². The lowest BCUT2D eigenvalue weighted by Gasteiger charge is -2.25. The maximum atomic E-state index is 11.7. The number of fused-ring (bicyclic) bond motifs is 2. The van der Waals surface area contributed by atoms with Gasteiger partial charge in [-0.2, -0.15) is 0 Å². The fourth-order valence-electron chi connectivity index (χ4n) is 2.92. The summed E-state index contributed by atoms with van der Waals surface area (Å²) >= 11 is 0. The maximum Gasteiger partial charge on any atom is 0.415 e. The molecule has 0 aliphatic carbocycles. The summed E-state index contributed by atoms with van der Waals surface area (Å²) in [5.74, 6) is -0.239. The molecule has 3 aliphatic rings. The van der Waals surface area contributed by atoms with Gasteiger partial charge in [0, 0.05) is 13.0 Å². The quantitative estimate of drug-likeness (QED) is 0.586. The molecule has 0 bridgehead atoms. The number of ether oxygens (including phenoxy) is 1. The van der Waals surface area contributed by atoms with Crippen molar-refractivity contribution in [2.45, 2.75) is 30.9 Å². The second kappa shape index (κ2) is 2.48. The Morgan fingerprint density at radius 1 is 1.43 bits per heavy atom. The Morgan fingerprint density at radius 3 is 3.00 bits per heavy atom. The van der Waals surface area contributed by atoms with E-state index in [-0.39, 0.29) is 11.9 Å². The van der Waals surface area contributed by atoms with Crippen LogP contribution in [0.2, 0.25) is 0 Å². The van der Waals surface area contributed by atoms with E-state index in [0.717, 1.165) is 25.9 Å². The Kier molecular flexibility index (Phi) is 1.45. The van der Waals surface area contributed by atoms with Crippen LogP contribution in [0, 0.1) is 0 Å². The van der Waals surface area contributed by atoms with E-state index in [1.165, 1.54) is 0 Å². The van der Waals surface area contributed by atoms with E-state index in [0.29, 0.717) is 6.42 Å². The predicted molar refractivity (Wildman–Crippen MR) is 46.6 cm³/mol. The zero-order valence-corrected chi connectivity index (χ0v) is 7.78. The topological polar surface area (TPSA) is 58.6 Å². The van der Waals surface area contributed by atoms with E-state index in [1.807, 2.05) is 0 Å². The summed E-state index contributed by atoms with van der Waals surface area (Å²) in [5.41, 5.74) is -0.854. The van der Waals surface area contributed by atoms with Crippen LogP contribution >= 0.6 is 0 Å². The summed E-state index contributed by atoms with van der Waals surface area (Å²) in [7, 11) is 0. The van der Waals surface area contributed by atoms with Crippen LogP contribution in [0.25, 0.3) is 0 Å². The van der Waals surface area contributed by atoms with Crippen molar-refractivity contribution < 1.29 is 14.3 Å². The van der Waals surface area contributed by atoms with Gasteiger partial charge in [-0.05, 0) is 19.4 Å². The Balaban J connectivity index is 1.96. The van der Waals surface area contributed by atoms with Crippen LogP contribution in [0.5, 0.6) is 0 Å². The van der Waals surface area contributed by atoms with Crippen molar-refractivity contribution in [3.05, 3.63) is 0 Å². The summed E-state index contributed by atoms with van der Waals surface area (Å²) in [6, 6.07) is 0.119. The molecular formula is C9H12N2O3. The number of carbonyl (C=O) groups is 2. The van der Waals surface area contributed by atoms with E-state index >= 15 is 0 Å². The lowest BCUT2D eigenvalue weighted by Crippen LogP contribution is -2.48. The smallest absolute Gasteiger partial charge is 0.415 e. The van der Waals surface area contributed by atoms with E-state index < -0.39 is 11.7 Å². The lowest BCUT2D eigenvalue weighted by molar-refractivity contribution is -0.132. The number of amides is 2. The van der Waals surface area contributed by atoms with Crippen molar-refractivity contribution in [3.8, 4) is 0 Å². The van der Waals surface area contributed by atoms with Crippen LogP contribution in [0.4, 0.5) is 4.79 Å². The highest BCUT2D eigenvalue weighted by atomic mass is 16.6. The molecule has 1 spiro atoms. The summed E-state index contributed by atoms with van der Waals surface area (Å²) in [4.78, 5) is 24.9. The third kappa shape index (κ3) is 0.829. The van der Waals surface area contributed by atoms with Gasteiger partial charge in [0.25, 0.3) is 5.91 Å². The van der Waals surface area contributed by atoms with Gasteiger partial charge in [-0.1, -0.05) is 0 Å². The molecule has 5 nitrogen and oxygen atoms in total. The minimum atomic E-state index is -0.854. The molecule has 2 unspecified atom stereocenters. The Hall–Kier alpha value is -1.10. The molecule has 1 N–H and O–H groups in total. The minimum Gasteiger partial charge on any atom is -0.431 e. The van der Waals surface area contributed by atoms with Crippen LogP contribution in [-0.2, 0) is 9.53 Å². The number of rotatable bonds is 0. The molecule has 3 rings (SSSR count). The first-order valence-corrected chi connectivity index (χ1v) is 5.01. The van der Waals surface area contributed by atoms with E-state index in [4.69, 9.17) is 4.74 Å². The zero-order chi connectivity index (χ0) is 9.76. The highest BCUT2D eigenvalue weighted by molar-refractivity contribution is 6.03. The second-order valence-corrected chi connectivity index (χ2v) is 4.18. The molecule has 0 aromatic carbocycles. The van der Waals surface area contributed by atoms with Crippen LogP contribution in [0.15, 0.2) is 0 Å². The zero-order valence-electron chi connectivity index (χ0n) is 7.78. The molecule has 3 saturated heterocycles. The predicted octanol–water partition coefficient (Wildman–Crippen LogP) is -0.140. The Bertz CT molecular complexity index is 317. The summed E-state index contributed by atoms with van der Waals surface area (Å²) in [5, 5.41) is 2.24. The van der Waals surface area contributed by atoms with Crippen molar-refractivity contribution >= 4 is 12.0 Å². The molecule has 76 valence electrons. The molecule has 0 saturated carbocycles. The van der Waals surface area contributed by atoms with Gasteiger partial charge >= 0.3 is 6.09 Å². The molecule has 3 fully saturated rings. The van der Waals surface area contributed by atoms with Gasteiger partial charge < -0.3 is 4.74 Å². The standard InChI is InChI=1S/C9H12N2O3/c12-7-9(14-8(13)10-7)3-5-11-4-1-2-6(9)11/h6H,1-5H2,(H,10,12,13). The van der Waals surface area contributed by atoms with Gasteiger partial charge in [-0.15, -0.1) is 0 Å². The molecule has 3 aliphatic heterocycles. The van der Waals surface area contributed by atoms with Crippen LogP contribution < -0.4 is 5.32 Å². The maximum absolute atomic E-state index is 11.7. The van der Waals surface area contributed by atoms with Crippen LogP contribution in [0.1, 0.15) is 19.3 Å². The largest absolute Gasteiger partial charge is 0.431 e. The van der Waals surface area contributed by atoms with Crippen molar-refractivity contribution in [1.29, 1.82) is 0 Å². The van der Waals surface area contributed by atoms with Crippen LogP contribution in [-0.4, -0.2) is 41.6 Å². The van der Waals surface area contributed by atoms with Gasteiger partial charge in [0.2, 0.25) is 5.60 Å². The molecule has 14 heavy (non-hydrogen) atoms. The van der Waals surface area contributed by atoms with Gasteiger partial charge in [0.1, 0.15) is 0 Å². The third-order valence-corrected chi connectivity index (χ3v) is 3.55. The average molecular weight is 196 g/mol. The first kappa shape index (κ1) is 8.23. The summed E-state index contributed by atoms with van der Waals surface area (Å²) in [6.07, 6.45) is 2.12. The fraction of sp³-hybridized carbons (Fsp3) is 0.778. The highest BCUT2D eigenvalue weighted by Crippen LogP contribution is 2.40.